The topological polar surface area (TPSA) is 92.4 Å². The number of benzene rings is 3. The molecule has 0 fully saturated rings. The zero-order chi connectivity index (χ0) is 25.8. The van der Waals surface area contributed by atoms with Crippen LogP contribution in [0.15, 0.2) is 42.6 Å². The van der Waals surface area contributed by atoms with Crippen molar-refractivity contribution in [1.82, 2.24) is 4.98 Å². The average molecular weight is 485 g/mol. The van der Waals surface area contributed by atoms with E-state index >= 15 is 0 Å². The molecule has 0 saturated carbocycles. The molecule has 1 aliphatic rings. The van der Waals surface area contributed by atoms with Crippen LogP contribution in [0.25, 0.3) is 32.8 Å². The summed E-state index contributed by atoms with van der Waals surface area (Å²) in [6.07, 6.45) is 1.13. The van der Waals surface area contributed by atoms with E-state index in [1.54, 1.807) is 40.0 Å². The number of nitriles is 1. The van der Waals surface area contributed by atoms with Gasteiger partial charge in [0.1, 0.15) is 17.6 Å². The molecule has 0 aliphatic carbocycles. The highest BCUT2D eigenvalue weighted by Crippen LogP contribution is 2.45. The third kappa shape index (κ3) is 3.94. The molecule has 1 N–H and O–H groups in total. The van der Waals surface area contributed by atoms with Crippen LogP contribution >= 0.6 is 0 Å². The van der Waals surface area contributed by atoms with Crippen molar-refractivity contribution in [3.8, 4) is 22.9 Å². The third-order valence-electron chi connectivity index (χ3n) is 6.39. The second-order valence-electron chi connectivity index (χ2n) is 10.00. The predicted octanol–water partition coefficient (Wildman–Crippen LogP) is 6.25. The lowest BCUT2D eigenvalue weighted by molar-refractivity contribution is -0.160. The number of rotatable bonds is 4. The Hall–Kier alpha value is -4.02. The van der Waals surface area contributed by atoms with Crippen LogP contribution in [0.1, 0.15) is 49.1 Å². The fraction of sp³-hybridized carbons (Fsp3) is 0.276. The van der Waals surface area contributed by atoms with Gasteiger partial charge in [0.05, 0.1) is 23.3 Å². The van der Waals surface area contributed by atoms with Gasteiger partial charge in [-0.1, -0.05) is 6.07 Å². The van der Waals surface area contributed by atoms with E-state index in [0.29, 0.717) is 50.9 Å². The molecule has 182 valence electrons. The molecule has 1 atom stereocenters. The van der Waals surface area contributed by atoms with Gasteiger partial charge in [-0.25, -0.2) is 9.18 Å². The number of carboxylic acid groups (broad SMARTS) is 1. The number of pyridine rings is 1. The first kappa shape index (κ1) is 23.7. The van der Waals surface area contributed by atoms with Gasteiger partial charge in [-0.3, -0.25) is 4.98 Å². The van der Waals surface area contributed by atoms with E-state index in [1.165, 1.54) is 12.1 Å². The lowest BCUT2D eigenvalue weighted by atomic mass is 9.85. The molecule has 7 heteroatoms. The summed E-state index contributed by atoms with van der Waals surface area (Å²) in [5.41, 5.74) is 3.13. The molecule has 1 aromatic heterocycles. The summed E-state index contributed by atoms with van der Waals surface area (Å²) in [5.74, 6) is -1.12. The first-order valence-corrected chi connectivity index (χ1v) is 11.7. The molecule has 0 unspecified atom stereocenters. The number of hydrogen-bond donors (Lipinski definition) is 1. The lowest BCUT2D eigenvalue weighted by Gasteiger charge is -2.29. The zero-order valence-corrected chi connectivity index (χ0v) is 20.5. The van der Waals surface area contributed by atoms with Crippen molar-refractivity contribution in [1.29, 1.82) is 5.26 Å². The van der Waals surface area contributed by atoms with Gasteiger partial charge in [-0.05, 0) is 85.5 Å². The maximum absolute atomic E-state index is 15.0. The monoisotopic (exact) mass is 484 g/mol. The van der Waals surface area contributed by atoms with Crippen LogP contribution in [0, 0.1) is 24.1 Å². The van der Waals surface area contributed by atoms with E-state index in [2.05, 4.69) is 4.98 Å². The Kier molecular flexibility index (Phi) is 5.65. The van der Waals surface area contributed by atoms with Crippen molar-refractivity contribution >= 4 is 27.6 Å². The van der Waals surface area contributed by atoms with Crippen molar-refractivity contribution in [2.75, 3.05) is 6.61 Å². The minimum absolute atomic E-state index is 0.0789. The van der Waals surface area contributed by atoms with Crippen LogP contribution in [-0.4, -0.2) is 28.3 Å². The predicted molar refractivity (Wildman–Crippen MR) is 135 cm³/mol. The molecule has 2 heterocycles. The molecule has 0 bridgehead atoms. The molecular weight excluding hydrogens is 459 g/mol. The van der Waals surface area contributed by atoms with Gasteiger partial charge in [-0.15, -0.1) is 0 Å². The largest absolute Gasteiger partial charge is 0.493 e. The third-order valence-corrected chi connectivity index (χ3v) is 6.39. The van der Waals surface area contributed by atoms with Crippen molar-refractivity contribution < 1.29 is 23.8 Å². The number of aliphatic carboxylic acids is 1. The van der Waals surface area contributed by atoms with Crippen LogP contribution < -0.4 is 4.74 Å². The minimum atomic E-state index is -1.31. The number of carbonyl (C=O) groups is 1. The second kappa shape index (κ2) is 8.58. The van der Waals surface area contributed by atoms with Crippen molar-refractivity contribution in [3.63, 3.8) is 0 Å². The lowest BCUT2D eigenvalue weighted by Crippen LogP contribution is -2.28. The smallest absolute Gasteiger partial charge is 0.337 e. The Labute approximate surface area is 207 Å². The summed E-state index contributed by atoms with van der Waals surface area (Å²) >= 11 is 0. The van der Waals surface area contributed by atoms with Gasteiger partial charge in [-0.2, -0.15) is 5.26 Å². The Bertz CT molecular complexity index is 1590. The second-order valence-corrected chi connectivity index (χ2v) is 10.00. The molecule has 0 saturated heterocycles. The number of nitrogens with zero attached hydrogens (tertiary/aromatic N) is 2. The van der Waals surface area contributed by atoms with Crippen LogP contribution in [0.5, 0.6) is 5.75 Å². The molecule has 5 rings (SSSR count). The Morgan fingerprint density at radius 3 is 2.72 bits per heavy atom. The molecule has 1 aliphatic heterocycles. The first-order chi connectivity index (χ1) is 17.1. The quantitative estimate of drug-likeness (QED) is 0.368. The SMILES string of the molecule is Cc1cc2cc(C#N)c(F)cc2c(-c2ccc3c4c(ccnc24)CCO3)c1[C@H](OC(C)(C)C)C(=O)O. The number of aromatic nitrogens is 1. The highest BCUT2D eigenvalue weighted by atomic mass is 19.1. The van der Waals surface area contributed by atoms with Crippen LogP contribution in [0.2, 0.25) is 0 Å². The maximum Gasteiger partial charge on any atom is 0.337 e. The molecule has 4 aromatic rings. The minimum Gasteiger partial charge on any atom is -0.493 e. The van der Waals surface area contributed by atoms with Crippen LogP contribution in [0.4, 0.5) is 4.39 Å². The number of fused-ring (bicyclic) bond motifs is 1. The summed E-state index contributed by atoms with van der Waals surface area (Å²) in [6.45, 7) is 7.74. The molecule has 0 spiro atoms. The van der Waals surface area contributed by atoms with E-state index in [0.717, 1.165) is 17.4 Å². The summed E-state index contributed by atoms with van der Waals surface area (Å²) in [4.78, 5) is 17.2. The number of halogens is 1. The summed E-state index contributed by atoms with van der Waals surface area (Å²) in [5, 5.41) is 21.6. The zero-order valence-electron chi connectivity index (χ0n) is 20.5. The molecule has 0 amide bonds. The fourth-order valence-corrected chi connectivity index (χ4v) is 4.98. The van der Waals surface area contributed by atoms with E-state index in [-0.39, 0.29) is 5.56 Å². The van der Waals surface area contributed by atoms with Gasteiger partial charge in [0.2, 0.25) is 0 Å². The van der Waals surface area contributed by atoms with Gasteiger partial charge in [0, 0.05) is 29.1 Å². The van der Waals surface area contributed by atoms with Gasteiger partial charge in [0.25, 0.3) is 0 Å². The standard InChI is InChI=1S/C29H25FN2O4/c1-15-11-17-12-18(14-31)21(30)13-20(17)25(23(15)27(28(33)34)36-29(2,3)4)19-5-6-22-24-16(8-10-35-22)7-9-32-26(19)24/h5-7,9,11-13,27H,8,10H2,1-4H3,(H,33,34)/t27-/m0/s1. The molecule has 6 nitrogen and oxygen atoms in total. The van der Waals surface area contributed by atoms with E-state index in [4.69, 9.17) is 9.47 Å². The molecular formula is C29H25FN2O4. The van der Waals surface area contributed by atoms with Crippen LogP contribution in [-0.2, 0) is 16.0 Å². The average Bonchev–Trinajstić information content (AvgIpc) is 2.82. The first-order valence-electron chi connectivity index (χ1n) is 11.7. The van der Waals surface area contributed by atoms with Gasteiger partial charge in [0.15, 0.2) is 6.10 Å². The summed E-state index contributed by atoms with van der Waals surface area (Å²) < 4.78 is 26.9. The van der Waals surface area contributed by atoms with E-state index in [1.807, 2.05) is 24.3 Å². The summed E-state index contributed by atoms with van der Waals surface area (Å²) in [7, 11) is 0. The van der Waals surface area contributed by atoms with Crippen molar-refractivity contribution in [2.24, 2.45) is 0 Å². The maximum atomic E-state index is 15.0. The highest BCUT2D eigenvalue weighted by molar-refractivity contribution is 6.09. The Balaban J connectivity index is 1.95. The number of hydrogen-bond acceptors (Lipinski definition) is 5. The van der Waals surface area contributed by atoms with Crippen LogP contribution in [0.3, 0.4) is 0 Å². The fourth-order valence-electron chi connectivity index (χ4n) is 4.98. The van der Waals surface area contributed by atoms with E-state index < -0.39 is 23.5 Å². The van der Waals surface area contributed by atoms with Crippen molar-refractivity contribution in [3.05, 3.63) is 70.7 Å². The van der Waals surface area contributed by atoms with Gasteiger partial charge < -0.3 is 14.6 Å². The number of ether oxygens (including phenoxy) is 2. The molecule has 36 heavy (non-hydrogen) atoms. The van der Waals surface area contributed by atoms with Crippen molar-refractivity contribution in [2.45, 2.75) is 45.8 Å². The summed E-state index contributed by atoms with van der Waals surface area (Å²) in [6, 6.07) is 12.1. The van der Waals surface area contributed by atoms with E-state index in [9.17, 15) is 19.6 Å². The Morgan fingerprint density at radius 1 is 1.25 bits per heavy atom. The van der Waals surface area contributed by atoms with Gasteiger partial charge >= 0.3 is 5.97 Å². The molecule has 3 aromatic carbocycles. The Morgan fingerprint density at radius 2 is 2.03 bits per heavy atom. The molecule has 0 radical (unpaired) electrons. The normalized spacial score (nSPS) is 13.9. The highest BCUT2D eigenvalue weighted by Gasteiger charge is 2.33. The number of carboxylic acids is 1. The number of aryl methyl sites for hydroxylation is 1.